The molecule has 26 heavy (non-hydrogen) atoms. The van der Waals surface area contributed by atoms with Crippen molar-refractivity contribution in [3.05, 3.63) is 59.7 Å². The van der Waals surface area contributed by atoms with Gasteiger partial charge in [-0.05, 0) is 49.1 Å². The molecule has 0 unspecified atom stereocenters. The van der Waals surface area contributed by atoms with Crippen LogP contribution < -0.4 is 14.8 Å². The Hall–Kier alpha value is -2.14. The molecule has 0 aliphatic carbocycles. The minimum atomic E-state index is 0.0848. The van der Waals surface area contributed by atoms with E-state index in [1.54, 1.807) is 18.9 Å². The first-order valence-electron chi connectivity index (χ1n) is 8.91. The molecule has 0 saturated heterocycles. The van der Waals surface area contributed by atoms with Crippen LogP contribution in [0.3, 0.4) is 0 Å². The number of amides is 1. The number of methoxy groups -OCH3 is 1. The molecule has 0 heterocycles. The molecule has 0 fully saturated rings. The lowest BCUT2D eigenvalue weighted by atomic mass is 10.1. The Labute approximate surface area is 160 Å². The van der Waals surface area contributed by atoms with Gasteiger partial charge in [-0.3, -0.25) is 4.79 Å². The van der Waals surface area contributed by atoms with Crippen LogP contribution in [0.2, 0.25) is 0 Å². The minimum absolute atomic E-state index is 0.0848. The van der Waals surface area contributed by atoms with Gasteiger partial charge in [0.2, 0.25) is 5.91 Å². The topological polar surface area (TPSA) is 47.6 Å². The Morgan fingerprint density at radius 1 is 1.12 bits per heavy atom. The van der Waals surface area contributed by atoms with E-state index in [-0.39, 0.29) is 5.91 Å². The molecular formula is C21H27NO3S. The fourth-order valence-electron chi connectivity index (χ4n) is 2.55. The molecule has 0 saturated carbocycles. The highest BCUT2D eigenvalue weighted by molar-refractivity contribution is 7.99. The average molecular weight is 374 g/mol. The molecule has 0 atom stereocenters. The molecule has 0 spiro atoms. The molecule has 0 radical (unpaired) electrons. The van der Waals surface area contributed by atoms with Crippen LogP contribution >= 0.6 is 11.8 Å². The van der Waals surface area contributed by atoms with Gasteiger partial charge in [0.25, 0.3) is 0 Å². The van der Waals surface area contributed by atoms with Crippen molar-refractivity contribution in [3.8, 4) is 11.5 Å². The Morgan fingerprint density at radius 2 is 1.88 bits per heavy atom. The van der Waals surface area contributed by atoms with Crippen molar-refractivity contribution in [3.63, 3.8) is 0 Å². The van der Waals surface area contributed by atoms with Crippen LogP contribution in [0.4, 0.5) is 0 Å². The van der Waals surface area contributed by atoms with Gasteiger partial charge in [0.1, 0.15) is 11.5 Å². The van der Waals surface area contributed by atoms with Gasteiger partial charge >= 0.3 is 0 Å². The van der Waals surface area contributed by atoms with Gasteiger partial charge in [0, 0.05) is 12.3 Å². The van der Waals surface area contributed by atoms with Crippen molar-refractivity contribution in [1.29, 1.82) is 0 Å². The van der Waals surface area contributed by atoms with Gasteiger partial charge in [-0.15, -0.1) is 11.8 Å². The number of carbonyl (C=O) groups excluding carboxylic acids is 1. The third kappa shape index (κ3) is 7.00. The lowest BCUT2D eigenvalue weighted by Gasteiger charge is -2.10. The van der Waals surface area contributed by atoms with Gasteiger partial charge < -0.3 is 14.8 Å². The highest BCUT2D eigenvalue weighted by atomic mass is 32.2. The number of hydrogen-bond acceptors (Lipinski definition) is 4. The summed E-state index contributed by atoms with van der Waals surface area (Å²) in [5.41, 5.74) is 2.38. The fraction of sp³-hybridized carbons (Fsp3) is 0.381. The highest BCUT2D eigenvalue weighted by Gasteiger charge is 2.04. The maximum atomic E-state index is 11.9. The number of thioether (sulfide) groups is 1. The first kappa shape index (κ1) is 20.2. The molecule has 1 N–H and O–H groups in total. The van der Waals surface area contributed by atoms with E-state index >= 15 is 0 Å². The quantitative estimate of drug-likeness (QED) is 0.603. The molecule has 2 aromatic carbocycles. The molecule has 4 nitrogen and oxygen atoms in total. The number of ether oxygens (including phenoxy) is 2. The van der Waals surface area contributed by atoms with Crippen LogP contribution in [0, 0.1) is 0 Å². The number of carbonyl (C=O) groups is 1. The number of para-hydroxylation sites is 1. The van der Waals surface area contributed by atoms with Crippen LogP contribution in [0.5, 0.6) is 11.5 Å². The van der Waals surface area contributed by atoms with E-state index in [9.17, 15) is 4.79 Å². The number of hydrogen-bond donors (Lipinski definition) is 1. The largest absolute Gasteiger partial charge is 0.497 e. The summed E-state index contributed by atoms with van der Waals surface area (Å²) in [5, 5.41) is 2.99. The Bertz CT molecular complexity index is 673. The van der Waals surface area contributed by atoms with E-state index in [2.05, 4.69) is 11.4 Å². The van der Waals surface area contributed by atoms with E-state index in [1.165, 1.54) is 11.1 Å². The third-order valence-electron chi connectivity index (χ3n) is 3.88. The van der Waals surface area contributed by atoms with Crippen LogP contribution in [-0.2, 0) is 17.0 Å². The summed E-state index contributed by atoms with van der Waals surface area (Å²) in [5.74, 6) is 3.17. The lowest BCUT2D eigenvalue weighted by molar-refractivity contribution is -0.118. The monoisotopic (exact) mass is 373 g/mol. The standard InChI is InChI=1S/C21H27NO3S/c1-3-25-20-9-5-4-7-18(20)8-6-14-22-21(23)16-26-15-17-10-12-19(24-2)13-11-17/h4-5,7,9-13H,3,6,8,14-16H2,1-2H3,(H,22,23). The summed E-state index contributed by atoms with van der Waals surface area (Å²) in [7, 11) is 1.66. The summed E-state index contributed by atoms with van der Waals surface area (Å²) in [6, 6.07) is 16.0. The molecule has 2 aromatic rings. The van der Waals surface area contributed by atoms with Crippen LogP contribution in [0.25, 0.3) is 0 Å². The van der Waals surface area contributed by atoms with E-state index in [0.29, 0.717) is 18.9 Å². The molecule has 0 bridgehead atoms. The van der Waals surface area contributed by atoms with Crippen LogP contribution in [0.1, 0.15) is 24.5 Å². The van der Waals surface area contributed by atoms with E-state index < -0.39 is 0 Å². The molecule has 0 aromatic heterocycles. The Kier molecular flexibility index (Phi) is 8.90. The van der Waals surface area contributed by atoms with Crippen molar-refractivity contribution in [2.45, 2.75) is 25.5 Å². The maximum Gasteiger partial charge on any atom is 0.230 e. The minimum Gasteiger partial charge on any atom is -0.497 e. The zero-order valence-electron chi connectivity index (χ0n) is 15.5. The van der Waals surface area contributed by atoms with E-state index in [0.717, 1.165) is 30.1 Å². The summed E-state index contributed by atoms with van der Waals surface area (Å²) in [4.78, 5) is 11.9. The Balaban J connectivity index is 1.61. The second kappa shape index (κ2) is 11.5. The maximum absolute atomic E-state index is 11.9. The van der Waals surface area contributed by atoms with Gasteiger partial charge in [-0.2, -0.15) is 0 Å². The molecule has 0 aliphatic rings. The van der Waals surface area contributed by atoms with Crippen molar-refractivity contribution in [1.82, 2.24) is 5.32 Å². The number of rotatable bonds is 11. The summed E-state index contributed by atoms with van der Waals surface area (Å²) in [6.45, 7) is 3.34. The normalized spacial score (nSPS) is 10.4. The predicted molar refractivity (Wildman–Crippen MR) is 108 cm³/mol. The summed E-state index contributed by atoms with van der Waals surface area (Å²) in [6.07, 6.45) is 1.80. The van der Waals surface area contributed by atoms with Gasteiger partial charge in [0.05, 0.1) is 19.5 Å². The van der Waals surface area contributed by atoms with E-state index in [4.69, 9.17) is 9.47 Å². The van der Waals surface area contributed by atoms with Gasteiger partial charge in [-0.25, -0.2) is 0 Å². The molecule has 0 aliphatic heterocycles. The number of aryl methyl sites for hydroxylation is 1. The zero-order valence-corrected chi connectivity index (χ0v) is 16.3. The molecule has 5 heteroatoms. The van der Waals surface area contributed by atoms with E-state index in [1.807, 2.05) is 49.4 Å². The lowest BCUT2D eigenvalue weighted by Crippen LogP contribution is -2.26. The van der Waals surface area contributed by atoms with Crippen molar-refractivity contribution in [2.75, 3.05) is 26.0 Å². The smallest absolute Gasteiger partial charge is 0.230 e. The summed E-state index contributed by atoms with van der Waals surface area (Å²) < 4.78 is 10.8. The Morgan fingerprint density at radius 3 is 2.62 bits per heavy atom. The second-order valence-corrected chi connectivity index (χ2v) is 6.82. The van der Waals surface area contributed by atoms with Crippen molar-refractivity contribution >= 4 is 17.7 Å². The zero-order chi connectivity index (χ0) is 18.6. The predicted octanol–water partition coefficient (Wildman–Crippen LogP) is 4.08. The third-order valence-corrected chi connectivity index (χ3v) is 4.88. The van der Waals surface area contributed by atoms with Crippen LogP contribution in [0.15, 0.2) is 48.5 Å². The second-order valence-electron chi connectivity index (χ2n) is 5.84. The molecule has 2 rings (SSSR count). The van der Waals surface area contributed by atoms with Gasteiger partial charge in [0.15, 0.2) is 0 Å². The molecule has 140 valence electrons. The number of nitrogens with one attached hydrogen (secondary N) is 1. The highest BCUT2D eigenvalue weighted by Crippen LogP contribution is 2.19. The SMILES string of the molecule is CCOc1ccccc1CCCNC(=O)CSCc1ccc(OC)cc1. The van der Waals surface area contributed by atoms with Gasteiger partial charge in [-0.1, -0.05) is 30.3 Å². The van der Waals surface area contributed by atoms with Crippen molar-refractivity contribution < 1.29 is 14.3 Å². The average Bonchev–Trinajstić information content (AvgIpc) is 2.67. The first-order chi connectivity index (χ1) is 12.7. The molecule has 1 amide bonds. The van der Waals surface area contributed by atoms with Crippen LogP contribution in [-0.4, -0.2) is 31.9 Å². The fourth-order valence-corrected chi connectivity index (χ4v) is 3.37. The first-order valence-corrected chi connectivity index (χ1v) is 10.1. The number of benzene rings is 2. The summed E-state index contributed by atoms with van der Waals surface area (Å²) >= 11 is 1.62. The van der Waals surface area contributed by atoms with Crippen molar-refractivity contribution in [2.24, 2.45) is 0 Å². The molecular weight excluding hydrogens is 346 g/mol.